The third-order valence-electron chi connectivity index (χ3n) is 6.57. The zero-order valence-corrected chi connectivity index (χ0v) is 22.5. The number of alkyl halides is 1. The summed E-state index contributed by atoms with van der Waals surface area (Å²) < 4.78 is 25.5. The molecule has 1 heterocycles. The molecule has 0 aromatic heterocycles. The number of carbonyl (C=O) groups is 1. The molecule has 1 aliphatic heterocycles. The van der Waals surface area contributed by atoms with Gasteiger partial charge in [0, 0.05) is 24.1 Å². The molecule has 188 valence electrons. The average molecular weight is 545 g/mol. The summed E-state index contributed by atoms with van der Waals surface area (Å²) in [5.74, 6) is 1.23. The molecular weight excluding hydrogens is 509 g/mol. The Kier molecular flexibility index (Phi) is 8.33. The molecule has 1 fully saturated rings. The number of rotatable bonds is 7. The molecule has 4 nitrogen and oxygen atoms in total. The Balaban J connectivity index is 1.50. The number of nitrogens with zero attached hydrogens (tertiary/aromatic N) is 1. The van der Waals surface area contributed by atoms with Gasteiger partial charge < -0.3 is 9.47 Å². The third kappa shape index (κ3) is 6.53. The van der Waals surface area contributed by atoms with Gasteiger partial charge in [0.05, 0.1) is 12.1 Å². The monoisotopic (exact) mass is 543 g/mol. The van der Waals surface area contributed by atoms with Crippen LogP contribution in [0.3, 0.4) is 0 Å². The Labute approximate surface area is 216 Å². The normalized spacial score (nSPS) is 18.8. The second-order valence-corrected chi connectivity index (χ2v) is 11.4. The lowest BCUT2D eigenvalue weighted by Gasteiger charge is -2.19. The van der Waals surface area contributed by atoms with Crippen LogP contribution in [0, 0.1) is 5.41 Å². The van der Waals surface area contributed by atoms with E-state index < -0.39 is 5.41 Å². The number of fused-ring (bicyclic) bond motifs is 1. The van der Waals surface area contributed by atoms with Crippen molar-refractivity contribution in [2.24, 2.45) is 5.41 Å². The van der Waals surface area contributed by atoms with Crippen LogP contribution in [0.5, 0.6) is 11.5 Å². The van der Waals surface area contributed by atoms with E-state index in [0.717, 1.165) is 62.2 Å². The molecule has 0 amide bonds. The second kappa shape index (κ2) is 11.3. The fraction of sp³-hybridized carbons (Fsp3) is 0.483. The summed E-state index contributed by atoms with van der Waals surface area (Å²) in [7, 11) is 0. The summed E-state index contributed by atoms with van der Waals surface area (Å²) in [6.45, 7) is 7.94. The zero-order valence-electron chi connectivity index (χ0n) is 20.9. The Morgan fingerprint density at radius 2 is 1.86 bits per heavy atom. The van der Waals surface area contributed by atoms with Gasteiger partial charge in [-0.2, -0.15) is 0 Å². The van der Waals surface area contributed by atoms with Crippen LogP contribution in [-0.4, -0.2) is 43.3 Å². The van der Waals surface area contributed by atoms with Crippen molar-refractivity contribution in [2.75, 3.05) is 26.3 Å². The van der Waals surface area contributed by atoms with Gasteiger partial charge in [-0.3, -0.25) is 14.1 Å². The topological polar surface area (TPSA) is 38.8 Å². The highest BCUT2D eigenvalue weighted by Gasteiger charge is 2.26. The van der Waals surface area contributed by atoms with Crippen molar-refractivity contribution in [3.05, 3.63) is 63.6 Å². The Bertz CT molecular complexity index is 1070. The quantitative estimate of drug-likeness (QED) is 0.280. The lowest BCUT2D eigenvalue weighted by Crippen LogP contribution is -2.26. The Morgan fingerprint density at radius 1 is 1.11 bits per heavy atom. The highest BCUT2D eigenvalue weighted by Crippen LogP contribution is 2.39. The molecule has 2 aromatic carbocycles. The van der Waals surface area contributed by atoms with Gasteiger partial charge in [0.25, 0.3) is 0 Å². The zero-order chi connectivity index (χ0) is 25.0. The van der Waals surface area contributed by atoms with E-state index >= 15 is 0 Å². The summed E-state index contributed by atoms with van der Waals surface area (Å²) in [4.78, 5) is 14.6. The minimum Gasteiger partial charge on any atom is -0.489 e. The van der Waals surface area contributed by atoms with Crippen molar-refractivity contribution >= 4 is 27.5 Å². The number of aryl methyl sites for hydroxylation is 1. The average Bonchev–Trinajstić information content (AvgIpc) is 3.19. The first-order chi connectivity index (χ1) is 16.7. The number of hydrogen-bond acceptors (Lipinski definition) is 4. The first kappa shape index (κ1) is 25.9. The number of carbonyl (C=O) groups excluding carboxylic acids is 1. The van der Waals surface area contributed by atoms with Gasteiger partial charge in [0.1, 0.15) is 17.6 Å². The molecule has 0 saturated carbocycles. The van der Waals surface area contributed by atoms with E-state index in [4.69, 9.17) is 9.47 Å². The highest BCUT2D eigenvalue weighted by molar-refractivity contribution is 9.11. The van der Waals surface area contributed by atoms with Crippen LogP contribution in [0.1, 0.15) is 63.1 Å². The largest absolute Gasteiger partial charge is 0.489 e. The smallest absolute Gasteiger partial charge is 0.316 e. The fourth-order valence-electron chi connectivity index (χ4n) is 4.63. The molecule has 0 N–H and O–H groups in total. The lowest BCUT2D eigenvalue weighted by molar-refractivity contribution is -0.143. The van der Waals surface area contributed by atoms with Crippen LogP contribution >= 0.6 is 15.9 Å². The molecule has 1 atom stereocenters. The predicted octanol–water partition coefficient (Wildman–Crippen LogP) is 6.94. The van der Waals surface area contributed by atoms with Gasteiger partial charge in [-0.05, 0) is 99.4 Å². The minimum atomic E-state index is -0.546. The van der Waals surface area contributed by atoms with E-state index in [-0.39, 0.29) is 18.7 Å². The van der Waals surface area contributed by atoms with E-state index in [0.29, 0.717) is 12.2 Å². The van der Waals surface area contributed by atoms with Crippen molar-refractivity contribution in [3.8, 4) is 11.5 Å². The first-order valence-electron chi connectivity index (χ1n) is 12.5. The van der Waals surface area contributed by atoms with Crippen LogP contribution < -0.4 is 9.47 Å². The van der Waals surface area contributed by atoms with Crippen molar-refractivity contribution in [3.63, 3.8) is 0 Å². The minimum absolute atomic E-state index is 0.152. The number of likely N-dealkylation sites (tertiary alicyclic amines) is 1. The number of benzene rings is 2. The molecule has 6 heteroatoms. The van der Waals surface area contributed by atoms with Gasteiger partial charge in [0.15, 0.2) is 0 Å². The molecule has 4 rings (SSSR count). The summed E-state index contributed by atoms with van der Waals surface area (Å²) in [6.07, 6.45) is 4.62. The summed E-state index contributed by atoms with van der Waals surface area (Å²) >= 11 is 3.84. The van der Waals surface area contributed by atoms with E-state index in [2.05, 4.69) is 39.0 Å². The molecule has 1 aliphatic carbocycles. The molecular formula is C29H35BrFNO3. The molecule has 0 radical (unpaired) electrons. The van der Waals surface area contributed by atoms with E-state index in [9.17, 15) is 9.18 Å². The summed E-state index contributed by atoms with van der Waals surface area (Å²) in [5.41, 5.74) is 4.11. The number of allylic oxidation sites excluding steroid dienone is 1. The third-order valence-corrected chi connectivity index (χ3v) is 7.36. The van der Waals surface area contributed by atoms with E-state index in [1.807, 2.05) is 45.0 Å². The van der Waals surface area contributed by atoms with Crippen LogP contribution in [0.25, 0.3) is 5.57 Å². The summed E-state index contributed by atoms with van der Waals surface area (Å²) in [5, 5.41) is 0. The molecule has 0 bridgehead atoms. The lowest BCUT2D eigenvalue weighted by atomic mass is 9.93. The van der Waals surface area contributed by atoms with Crippen LogP contribution in [-0.2, 0) is 11.2 Å². The SMILES string of the molecule is CC(C)(C)C(=O)Oc1ccc2c(c1)CCCC(Br)=C2c1ccc(O[C@H]2CCN(CCCF)C2)cc1. The number of hydrogen-bond donors (Lipinski definition) is 0. The fourth-order valence-corrected chi connectivity index (χ4v) is 5.36. The van der Waals surface area contributed by atoms with Crippen molar-refractivity contribution in [2.45, 2.75) is 59.0 Å². The van der Waals surface area contributed by atoms with Gasteiger partial charge >= 0.3 is 5.97 Å². The molecule has 0 unspecified atom stereocenters. The highest BCUT2D eigenvalue weighted by atomic mass is 79.9. The maximum atomic E-state index is 12.5. The number of esters is 1. The Morgan fingerprint density at radius 3 is 2.57 bits per heavy atom. The van der Waals surface area contributed by atoms with Crippen LogP contribution in [0.4, 0.5) is 4.39 Å². The predicted molar refractivity (Wildman–Crippen MR) is 142 cm³/mol. The van der Waals surface area contributed by atoms with Gasteiger partial charge in [0.2, 0.25) is 0 Å². The number of halogens is 2. The van der Waals surface area contributed by atoms with Crippen molar-refractivity contribution in [1.29, 1.82) is 0 Å². The van der Waals surface area contributed by atoms with Crippen molar-refractivity contribution < 1.29 is 18.7 Å². The second-order valence-electron chi connectivity index (χ2n) is 10.5. The van der Waals surface area contributed by atoms with E-state index in [1.54, 1.807) is 0 Å². The molecule has 0 spiro atoms. The maximum Gasteiger partial charge on any atom is 0.316 e. The van der Waals surface area contributed by atoms with Crippen LogP contribution in [0.15, 0.2) is 46.9 Å². The maximum absolute atomic E-state index is 12.5. The van der Waals surface area contributed by atoms with Crippen molar-refractivity contribution in [1.82, 2.24) is 4.90 Å². The molecule has 2 aliphatic rings. The number of ether oxygens (including phenoxy) is 2. The Hall–Kier alpha value is -2.18. The summed E-state index contributed by atoms with van der Waals surface area (Å²) in [6, 6.07) is 14.3. The molecule has 35 heavy (non-hydrogen) atoms. The molecule has 2 aromatic rings. The first-order valence-corrected chi connectivity index (χ1v) is 13.3. The van der Waals surface area contributed by atoms with Gasteiger partial charge in [-0.1, -0.05) is 34.1 Å². The molecule has 1 saturated heterocycles. The van der Waals surface area contributed by atoms with Crippen LogP contribution in [0.2, 0.25) is 0 Å². The standard InChI is InChI=1S/C29H35BrFNO3/c1-29(2,3)28(33)35-23-12-13-25-21(18-23)6-4-7-26(30)27(25)20-8-10-22(11-9-20)34-24-14-17-32(19-24)16-5-15-31/h8-13,18,24H,4-7,14-17,19H2,1-3H3/t24-/m0/s1. The van der Waals surface area contributed by atoms with Gasteiger partial charge in [-0.15, -0.1) is 0 Å². The van der Waals surface area contributed by atoms with E-state index in [1.165, 1.54) is 15.6 Å². The van der Waals surface area contributed by atoms with Gasteiger partial charge in [-0.25, -0.2) is 0 Å².